The summed E-state index contributed by atoms with van der Waals surface area (Å²) in [5, 5.41) is 3.39. The summed E-state index contributed by atoms with van der Waals surface area (Å²) in [7, 11) is 7.16. The highest BCUT2D eigenvalue weighted by Crippen LogP contribution is 2.25. The van der Waals surface area contributed by atoms with Gasteiger partial charge in [-0.25, -0.2) is 0 Å². The minimum absolute atomic E-state index is 0. The molecule has 0 saturated heterocycles. The zero-order valence-electron chi connectivity index (χ0n) is 15.0. The third kappa shape index (κ3) is 7.28. The predicted molar refractivity (Wildman–Crippen MR) is 107 cm³/mol. The van der Waals surface area contributed by atoms with Gasteiger partial charge in [-0.2, -0.15) is 0 Å². The van der Waals surface area contributed by atoms with E-state index in [1.807, 2.05) is 25.2 Å². The van der Waals surface area contributed by atoms with E-state index in [1.54, 1.807) is 21.3 Å². The Bertz CT molecular complexity index is 493. The fourth-order valence-corrected chi connectivity index (χ4v) is 2.17. The maximum atomic E-state index is 5.45. The van der Waals surface area contributed by atoms with Gasteiger partial charge in [0.2, 0.25) is 0 Å². The molecule has 1 aromatic rings. The molecule has 132 valence electrons. The van der Waals surface area contributed by atoms with E-state index in [2.05, 4.69) is 29.1 Å². The first-order valence-corrected chi connectivity index (χ1v) is 7.64. The Hall–Kier alpha value is -1.18. The van der Waals surface area contributed by atoms with Gasteiger partial charge in [-0.05, 0) is 24.5 Å². The summed E-state index contributed by atoms with van der Waals surface area (Å²) in [5.74, 6) is 3.18. The van der Waals surface area contributed by atoms with Crippen molar-refractivity contribution >= 4 is 29.9 Å². The predicted octanol–water partition coefficient (Wildman–Crippen LogP) is 3.38. The van der Waals surface area contributed by atoms with Crippen molar-refractivity contribution in [2.24, 2.45) is 10.9 Å². The number of hydrogen-bond acceptors (Lipinski definition) is 3. The molecule has 0 unspecified atom stereocenters. The number of rotatable bonds is 7. The van der Waals surface area contributed by atoms with Gasteiger partial charge in [0.25, 0.3) is 0 Å². The van der Waals surface area contributed by atoms with Crippen LogP contribution in [0.5, 0.6) is 11.5 Å². The molecule has 0 aromatic heterocycles. The number of guanidine groups is 1. The molecule has 0 atom stereocenters. The number of halogens is 1. The normalized spacial score (nSPS) is 11.0. The summed E-state index contributed by atoms with van der Waals surface area (Å²) in [4.78, 5) is 6.42. The molecular formula is C17H30IN3O2. The Morgan fingerprint density at radius 3 is 2.48 bits per heavy atom. The van der Waals surface area contributed by atoms with E-state index in [0.29, 0.717) is 12.5 Å². The number of methoxy groups -OCH3 is 2. The lowest BCUT2D eigenvalue weighted by Gasteiger charge is -2.23. The Morgan fingerprint density at radius 1 is 1.26 bits per heavy atom. The zero-order chi connectivity index (χ0) is 16.5. The highest BCUT2D eigenvalue weighted by atomic mass is 127. The van der Waals surface area contributed by atoms with Crippen LogP contribution in [0, 0.1) is 5.92 Å². The molecule has 23 heavy (non-hydrogen) atoms. The van der Waals surface area contributed by atoms with Gasteiger partial charge in [-0.15, -0.1) is 24.0 Å². The van der Waals surface area contributed by atoms with Crippen LogP contribution in [-0.2, 0) is 6.54 Å². The molecule has 0 spiro atoms. The molecule has 0 amide bonds. The van der Waals surface area contributed by atoms with Crippen LogP contribution in [0.25, 0.3) is 0 Å². The van der Waals surface area contributed by atoms with Crippen LogP contribution >= 0.6 is 24.0 Å². The van der Waals surface area contributed by atoms with Crippen LogP contribution in [0.1, 0.15) is 25.8 Å². The minimum atomic E-state index is 0. The molecule has 0 radical (unpaired) electrons. The summed E-state index contributed by atoms with van der Waals surface area (Å²) in [6.45, 7) is 6.08. The first-order valence-electron chi connectivity index (χ1n) is 7.64. The fraction of sp³-hybridized carbons (Fsp3) is 0.588. The van der Waals surface area contributed by atoms with Crippen LogP contribution in [0.15, 0.2) is 23.2 Å². The van der Waals surface area contributed by atoms with E-state index in [9.17, 15) is 0 Å². The van der Waals surface area contributed by atoms with Crippen LogP contribution < -0.4 is 14.8 Å². The summed E-state index contributed by atoms with van der Waals surface area (Å²) in [6, 6.07) is 5.87. The molecule has 6 heteroatoms. The van der Waals surface area contributed by atoms with Crippen LogP contribution in [0.2, 0.25) is 0 Å². The first kappa shape index (κ1) is 21.8. The highest BCUT2D eigenvalue weighted by molar-refractivity contribution is 14.0. The lowest BCUT2D eigenvalue weighted by Crippen LogP contribution is -2.39. The summed E-state index contributed by atoms with van der Waals surface area (Å²) in [5.41, 5.74) is 1.10. The molecule has 1 aromatic carbocycles. The molecule has 1 N–H and O–H groups in total. The maximum Gasteiger partial charge on any atom is 0.193 e. The van der Waals surface area contributed by atoms with Crippen LogP contribution in [-0.4, -0.2) is 45.7 Å². The second-order valence-electron chi connectivity index (χ2n) is 5.69. The average Bonchev–Trinajstić information content (AvgIpc) is 2.51. The number of hydrogen-bond donors (Lipinski definition) is 1. The van der Waals surface area contributed by atoms with E-state index >= 15 is 0 Å². The van der Waals surface area contributed by atoms with Crippen molar-refractivity contribution < 1.29 is 9.47 Å². The van der Waals surface area contributed by atoms with Crippen LogP contribution in [0.4, 0.5) is 0 Å². The van der Waals surface area contributed by atoms with Gasteiger partial charge in [-0.1, -0.05) is 13.8 Å². The topological polar surface area (TPSA) is 46.1 Å². The standard InChI is InChI=1S/C17H29N3O2.HI/c1-13(2)9-10-19-17(18-3)20(4)12-14-7-8-15(21-5)11-16(14)22-6;/h7-8,11,13H,9-10,12H2,1-6H3,(H,18,19);1H. The molecule has 0 bridgehead atoms. The van der Waals surface area contributed by atoms with E-state index < -0.39 is 0 Å². The summed E-state index contributed by atoms with van der Waals surface area (Å²) < 4.78 is 10.7. The van der Waals surface area contributed by atoms with Crippen molar-refractivity contribution in [1.29, 1.82) is 0 Å². The van der Waals surface area contributed by atoms with Gasteiger partial charge in [0, 0.05) is 38.8 Å². The molecule has 1 rings (SSSR count). The van der Waals surface area contributed by atoms with E-state index in [1.165, 1.54) is 0 Å². The van der Waals surface area contributed by atoms with Crippen LogP contribution in [0.3, 0.4) is 0 Å². The van der Waals surface area contributed by atoms with Gasteiger partial charge >= 0.3 is 0 Å². The molecule has 0 aliphatic rings. The SMILES string of the molecule is CN=C(NCCC(C)C)N(C)Cc1ccc(OC)cc1OC.I. The molecular weight excluding hydrogens is 405 g/mol. The van der Waals surface area contributed by atoms with E-state index in [-0.39, 0.29) is 24.0 Å². The van der Waals surface area contributed by atoms with Crippen molar-refractivity contribution in [2.75, 3.05) is 34.9 Å². The summed E-state index contributed by atoms with van der Waals surface area (Å²) in [6.07, 6.45) is 1.12. The molecule has 0 aliphatic heterocycles. The molecule has 0 heterocycles. The van der Waals surface area contributed by atoms with Crippen molar-refractivity contribution in [2.45, 2.75) is 26.8 Å². The smallest absolute Gasteiger partial charge is 0.193 e. The molecule has 5 nitrogen and oxygen atoms in total. The zero-order valence-corrected chi connectivity index (χ0v) is 17.4. The molecule has 0 saturated carbocycles. The van der Waals surface area contributed by atoms with Gasteiger partial charge in [0.05, 0.1) is 14.2 Å². The third-order valence-electron chi connectivity index (χ3n) is 3.48. The maximum absolute atomic E-state index is 5.45. The van der Waals surface area contributed by atoms with E-state index in [4.69, 9.17) is 9.47 Å². The largest absolute Gasteiger partial charge is 0.497 e. The molecule has 0 aliphatic carbocycles. The van der Waals surface area contributed by atoms with Gasteiger partial charge < -0.3 is 19.7 Å². The van der Waals surface area contributed by atoms with Gasteiger partial charge in [0.1, 0.15) is 11.5 Å². The van der Waals surface area contributed by atoms with Gasteiger partial charge in [-0.3, -0.25) is 4.99 Å². The number of benzene rings is 1. The third-order valence-corrected chi connectivity index (χ3v) is 3.48. The lowest BCUT2D eigenvalue weighted by molar-refractivity contribution is 0.382. The second-order valence-corrected chi connectivity index (χ2v) is 5.69. The van der Waals surface area contributed by atoms with Gasteiger partial charge in [0.15, 0.2) is 5.96 Å². The van der Waals surface area contributed by atoms with Crippen molar-refractivity contribution in [3.63, 3.8) is 0 Å². The number of nitrogens with zero attached hydrogens (tertiary/aromatic N) is 2. The highest BCUT2D eigenvalue weighted by Gasteiger charge is 2.11. The Labute approximate surface area is 157 Å². The number of ether oxygens (including phenoxy) is 2. The second kappa shape index (κ2) is 11.4. The average molecular weight is 435 g/mol. The van der Waals surface area contributed by atoms with Crippen molar-refractivity contribution in [1.82, 2.24) is 10.2 Å². The monoisotopic (exact) mass is 435 g/mol. The van der Waals surface area contributed by atoms with Crippen molar-refractivity contribution in [3.8, 4) is 11.5 Å². The first-order chi connectivity index (χ1) is 10.5. The van der Waals surface area contributed by atoms with Crippen molar-refractivity contribution in [3.05, 3.63) is 23.8 Å². The Morgan fingerprint density at radius 2 is 1.96 bits per heavy atom. The molecule has 0 fully saturated rings. The van der Waals surface area contributed by atoms with E-state index in [0.717, 1.165) is 36.0 Å². The number of nitrogens with one attached hydrogen (secondary N) is 1. The quantitative estimate of drug-likeness (QED) is 0.405. The summed E-state index contributed by atoms with van der Waals surface area (Å²) >= 11 is 0. The Kier molecular flexibility index (Phi) is 10.8. The lowest BCUT2D eigenvalue weighted by atomic mass is 10.1. The Balaban J connectivity index is 0.00000484. The fourth-order valence-electron chi connectivity index (χ4n) is 2.17. The number of aliphatic imine (C=N–C) groups is 1. The minimum Gasteiger partial charge on any atom is -0.497 e.